The molecular formula is C19H19F2NO4S. The summed E-state index contributed by atoms with van der Waals surface area (Å²) in [6.45, 7) is 6.11. The van der Waals surface area contributed by atoms with Gasteiger partial charge in [0.05, 0.1) is 11.3 Å². The van der Waals surface area contributed by atoms with Crippen LogP contribution in [-0.2, 0) is 4.74 Å². The lowest BCUT2D eigenvalue weighted by Gasteiger charge is -2.14. The van der Waals surface area contributed by atoms with E-state index in [1.54, 1.807) is 13.8 Å². The van der Waals surface area contributed by atoms with E-state index in [0.29, 0.717) is 16.8 Å². The van der Waals surface area contributed by atoms with E-state index in [2.05, 4.69) is 4.98 Å². The Labute approximate surface area is 159 Å². The molecule has 2 aromatic rings. The van der Waals surface area contributed by atoms with Crippen LogP contribution in [0.15, 0.2) is 29.2 Å². The maximum Gasteiger partial charge on any atom is 0.339 e. The van der Waals surface area contributed by atoms with Gasteiger partial charge in [-0.05, 0) is 45.4 Å². The van der Waals surface area contributed by atoms with Gasteiger partial charge in [0, 0.05) is 16.2 Å². The molecule has 0 aliphatic carbocycles. The van der Waals surface area contributed by atoms with Crippen molar-refractivity contribution < 1.29 is 27.9 Å². The van der Waals surface area contributed by atoms with Crippen LogP contribution in [0.5, 0.6) is 0 Å². The number of thioether (sulfide) groups is 1. The zero-order valence-electron chi connectivity index (χ0n) is 15.3. The minimum absolute atomic E-state index is 0.0359. The van der Waals surface area contributed by atoms with Crippen molar-refractivity contribution in [2.75, 3.05) is 0 Å². The topological polar surface area (TPSA) is 76.2 Å². The number of carbonyl (C=O) groups is 3. The van der Waals surface area contributed by atoms with E-state index in [1.165, 1.54) is 38.1 Å². The maximum absolute atomic E-state index is 12.7. The molecular weight excluding hydrogens is 376 g/mol. The molecule has 1 aromatic carbocycles. The van der Waals surface area contributed by atoms with Gasteiger partial charge in [0.25, 0.3) is 5.76 Å². The smallest absolute Gasteiger partial charge is 0.339 e. The van der Waals surface area contributed by atoms with Crippen LogP contribution in [0.1, 0.15) is 56.3 Å². The molecule has 1 N–H and O–H groups in total. The van der Waals surface area contributed by atoms with Crippen molar-refractivity contribution in [2.45, 2.75) is 44.5 Å². The highest BCUT2D eigenvalue weighted by Crippen LogP contribution is 2.29. The lowest BCUT2D eigenvalue weighted by molar-refractivity contribution is 0.0313. The zero-order valence-corrected chi connectivity index (χ0v) is 16.1. The number of hydrogen-bond donors (Lipinski definition) is 1. The minimum atomic E-state index is -2.69. The van der Waals surface area contributed by atoms with Crippen LogP contribution < -0.4 is 0 Å². The van der Waals surface area contributed by atoms with Gasteiger partial charge in [0.1, 0.15) is 0 Å². The third kappa shape index (κ3) is 4.63. The Morgan fingerprint density at radius 1 is 1.15 bits per heavy atom. The number of halogens is 2. The van der Waals surface area contributed by atoms with Gasteiger partial charge in [-0.1, -0.05) is 23.9 Å². The summed E-state index contributed by atoms with van der Waals surface area (Å²) in [4.78, 5) is 39.6. The molecule has 0 saturated heterocycles. The van der Waals surface area contributed by atoms with Crippen LogP contribution in [0.4, 0.5) is 8.78 Å². The summed E-state index contributed by atoms with van der Waals surface area (Å²) >= 11 is 0.233. The lowest BCUT2D eigenvalue weighted by atomic mass is 10.0. The first-order valence-corrected chi connectivity index (χ1v) is 9.00. The lowest BCUT2D eigenvalue weighted by Crippen LogP contribution is -2.25. The second kappa shape index (κ2) is 8.47. The third-order valence-electron chi connectivity index (χ3n) is 4.01. The van der Waals surface area contributed by atoms with E-state index >= 15 is 0 Å². The molecule has 0 spiro atoms. The van der Waals surface area contributed by atoms with Crippen LogP contribution in [-0.4, -0.2) is 34.4 Å². The van der Waals surface area contributed by atoms with E-state index in [4.69, 9.17) is 4.74 Å². The Kier molecular flexibility index (Phi) is 6.54. The number of aromatic amines is 1. The Balaban J connectivity index is 2.22. The van der Waals surface area contributed by atoms with Crippen molar-refractivity contribution in [1.29, 1.82) is 0 Å². The number of ether oxygens (including phenoxy) is 1. The van der Waals surface area contributed by atoms with Crippen molar-refractivity contribution in [3.63, 3.8) is 0 Å². The highest BCUT2D eigenvalue weighted by molar-refractivity contribution is 7.99. The summed E-state index contributed by atoms with van der Waals surface area (Å²) in [5.41, 5.74) is 1.62. The predicted octanol–water partition coefficient (Wildman–Crippen LogP) is 4.58. The van der Waals surface area contributed by atoms with Gasteiger partial charge in [-0.3, -0.25) is 9.59 Å². The SMILES string of the molecule is CC(=O)c1c(C)[nH]c(C(=O)[C@@H](C)OC(=O)c2ccccc2SC(F)F)c1C. The molecule has 0 fully saturated rings. The number of benzene rings is 1. The number of alkyl halides is 2. The van der Waals surface area contributed by atoms with Crippen LogP contribution in [0.3, 0.4) is 0 Å². The van der Waals surface area contributed by atoms with E-state index in [1.807, 2.05) is 0 Å². The van der Waals surface area contributed by atoms with Crippen LogP contribution in [0.2, 0.25) is 0 Å². The molecule has 0 aliphatic heterocycles. The Bertz CT molecular complexity index is 892. The molecule has 0 unspecified atom stereocenters. The fourth-order valence-corrected chi connectivity index (χ4v) is 3.47. The first kappa shape index (κ1) is 20.8. The van der Waals surface area contributed by atoms with Gasteiger partial charge in [-0.15, -0.1) is 0 Å². The van der Waals surface area contributed by atoms with Crippen molar-refractivity contribution in [1.82, 2.24) is 4.98 Å². The normalized spacial score (nSPS) is 12.1. The zero-order chi connectivity index (χ0) is 20.3. The monoisotopic (exact) mass is 395 g/mol. The summed E-state index contributed by atoms with van der Waals surface area (Å²) in [6, 6.07) is 5.81. The van der Waals surface area contributed by atoms with E-state index in [0.717, 1.165) is 0 Å². The van der Waals surface area contributed by atoms with Crippen molar-refractivity contribution in [3.05, 3.63) is 52.3 Å². The standard InChI is InChI=1S/C19H19F2NO4S/c1-9-15(11(3)23)10(2)22-16(9)17(24)12(4)26-18(25)13-7-5-6-8-14(13)27-19(20)21/h5-8,12,19,22H,1-4H3/t12-/m1/s1. The quantitative estimate of drug-likeness (QED) is 0.422. The van der Waals surface area contributed by atoms with Crippen LogP contribution in [0, 0.1) is 13.8 Å². The van der Waals surface area contributed by atoms with E-state index in [-0.39, 0.29) is 33.7 Å². The van der Waals surface area contributed by atoms with Gasteiger partial charge in [-0.2, -0.15) is 8.78 Å². The first-order valence-electron chi connectivity index (χ1n) is 8.12. The summed E-state index contributed by atoms with van der Waals surface area (Å²) in [7, 11) is 0. The second-order valence-corrected chi connectivity index (χ2v) is 7.00. The molecule has 0 bridgehead atoms. The van der Waals surface area contributed by atoms with E-state index < -0.39 is 23.6 Å². The largest absolute Gasteiger partial charge is 0.451 e. The number of H-pyrrole nitrogens is 1. The number of nitrogens with one attached hydrogen (secondary N) is 1. The summed E-state index contributed by atoms with van der Waals surface area (Å²) in [5, 5.41) is 0. The molecule has 5 nitrogen and oxygen atoms in total. The van der Waals surface area contributed by atoms with Crippen molar-refractivity contribution in [2.24, 2.45) is 0 Å². The molecule has 1 heterocycles. The Hall–Kier alpha value is -2.48. The number of Topliss-reactive ketones (excluding diaryl/α,β-unsaturated/α-hetero) is 2. The number of hydrogen-bond acceptors (Lipinski definition) is 5. The number of ketones is 2. The average molecular weight is 395 g/mol. The number of rotatable bonds is 7. The average Bonchev–Trinajstić information content (AvgIpc) is 2.88. The maximum atomic E-state index is 12.7. The van der Waals surface area contributed by atoms with Gasteiger partial charge >= 0.3 is 5.97 Å². The highest BCUT2D eigenvalue weighted by atomic mass is 32.2. The molecule has 2 rings (SSSR count). The molecule has 144 valence electrons. The fraction of sp³-hybridized carbons (Fsp3) is 0.316. The Morgan fingerprint density at radius 2 is 1.78 bits per heavy atom. The second-order valence-electron chi connectivity index (χ2n) is 5.97. The first-order chi connectivity index (χ1) is 12.6. The molecule has 8 heteroatoms. The van der Waals surface area contributed by atoms with Crippen molar-refractivity contribution in [3.8, 4) is 0 Å². The molecule has 0 amide bonds. The predicted molar refractivity (Wildman–Crippen MR) is 97.8 cm³/mol. The molecule has 1 atom stereocenters. The highest BCUT2D eigenvalue weighted by Gasteiger charge is 2.27. The Morgan fingerprint density at radius 3 is 2.33 bits per heavy atom. The van der Waals surface area contributed by atoms with Gasteiger partial charge < -0.3 is 9.72 Å². The number of carbonyl (C=O) groups excluding carboxylic acids is 3. The molecule has 1 aromatic heterocycles. The van der Waals surface area contributed by atoms with Gasteiger partial charge in [-0.25, -0.2) is 4.79 Å². The molecule has 0 radical (unpaired) electrons. The number of aromatic nitrogens is 1. The number of aryl methyl sites for hydroxylation is 1. The minimum Gasteiger partial charge on any atom is -0.451 e. The van der Waals surface area contributed by atoms with Crippen LogP contribution >= 0.6 is 11.8 Å². The summed E-state index contributed by atoms with van der Waals surface area (Å²) in [6.07, 6.45) is -1.15. The van der Waals surface area contributed by atoms with Gasteiger partial charge in [0.15, 0.2) is 11.9 Å². The summed E-state index contributed by atoms with van der Waals surface area (Å²) in [5.74, 6) is -4.24. The molecule has 0 saturated carbocycles. The molecule has 27 heavy (non-hydrogen) atoms. The van der Waals surface area contributed by atoms with Crippen LogP contribution in [0.25, 0.3) is 0 Å². The van der Waals surface area contributed by atoms with Gasteiger partial charge in [0.2, 0.25) is 5.78 Å². The number of esters is 1. The third-order valence-corrected chi connectivity index (χ3v) is 4.80. The fourth-order valence-electron chi connectivity index (χ4n) is 2.84. The summed E-state index contributed by atoms with van der Waals surface area (Å²) < 4.78 is 30.5. The van der Waals surface area contributed by atoms with E-state index in [9.17, 15) is 23.2 Å². The molecule has 0 aliphatic rings. The van der Waals surface area contributed by atoms with Crippen molar-refractivity contribution >= 4 is 29.3 Å².